The van der Waals surface area contributed by atoms with E-state index in [4.69, 9.17) is 0 Å². The van der Waals surface area contributed by atoms with Gasteiger partial charge in [-0.3, -0.25) is 0 Å². The van der Waals surface area contributed by atoms with Crippen molar-refractivity contribution in [2.24, 2.45) is 0 Å². The van der Waals surface area contributed by atoms with Crippen LogP contribution in [0.5, 0.6) is 0 Å². The lowest BCUT2D eigenvalue weighted by molar-refractivity contribution is 0.567. The quantitative estimate of drug-likeness (QED) is 0.899. The maximum Gasteiger partial charge on any atom is 0.211 e. The maximum absolute atomic E-state index is 11.5. The molecule has 3 nitrogen and oxygen atoms in total. The van der Waals surface area contributed by atoms with Crippen LogP contribution in [0.3, 0.4) is 0 Å². The van der Waals surface area contributed by atoms with Crippen LogP contribution in [-0.2, 0) is 10.0 Å². The molecule has 0 radical (unpaired) electrons. The van der Waals surface area contributed by atoms with Gasteiger partial charge in [-0.15, -0.1) is 0 Å². The monoisotopic (exact) mass is 255 g/mol. The number of aryl methyl sites for hydroxylation is 3. The Labute approximate surface area is 104 Å². The van der Waals surface area contributed by atoms with E-state index in [-0.39, 0.29) is 11.8 Å². The summed E-state index contributed by atoms with van der Waals surface area (Å²) < 4.78 is 25.8. The lowest BCUT2D eigenvalue weighted by Crippen LogP contribution is -2.28. The number of rotatable bonds is 4. The summed E-state index contributed by atoms with van der Waals surface area (Å²) in [6, 6.07) is 3.98. The van der Waals surface area contributed by atoms with Crippen LogP contribution < -0.4 is 4.72 Å². The van der Waals surface area contributed by atoms with Crippen LogP contribution in [-0.4, -0.2) is 14.2 Å². The van der Waals surface area contributed by atoms with Crippen LogP contribution in [0.4, 0.5) is 0 Å². The molecule has 4 heteroatoms. The molecule has 0 bridgehead atoms. The van der Waals surface area contributed by atoms with Crippen molar-refractivity contribution in [3.05, 3.63) is 34.4 Å². The number of hydrogen-bond acceptors (Lipinski definition) is 2. The number of sulfonamides is 1. The molecule has 1 aromatic carbocycles. The van der Waals surface area contributed by atoms with Gasteiger partial charge in [-0.25, -0.2) is 13.1 Å². The number of hydrogen-bond donors (Lipinski definition) is 1. The van der Waals surface area contributed by atoms with Crippen molar-refractivity contribution < 1.29 is 8.42 Å². The second-order valence-corrected chi connectivity index (χ2v) is 6.58. The third-order valence-electron chi connectivity index (χ3n) is 3.09. The highest BCUT2D eigenvalue weighted by Gasteiger charge is 2.15. The fourth-order valence-electron chi connectivity index (χ4n) is 1.87. The Kier molecular flexibility index (Phi) is 4.33. The zero-order chi connectivity index (χ0) is 13.2. The van der Waals surface area contributed by atoms with E-state index < -0.39 is 10.0 Å². The highest BCUT2D eigenvalue weighted by atomic mass is 32.2. The van der Waals surface area contributed by atoms with Crippen molar-refractivity contribution in [1.29, 1.82) is 0 Å². The van der Waals surface area contributed by atoms with Crippen LogP contribution in [0.15, 0.2) is 12.1 Å². The standard InChI is InChI=1S/C13H21NO2S/c1-6-17(15,16)14-12(5)13-8-10(3)9(2)7-11(13)4/h7-8,12,14H,6H2,1-5H3. The van der Waals surface area contributed by atoms with E-state index in [2.05, 4.69) is 23.8 Å². The fraction of sp³-hybridized carbons (Fsp3) is 0.538. The summed E-state index contributed by atoms with van der Waals surface area (Å²) in [5.74, 6) is 0.112. The number of benzene rings is 1. The van der Waals surface area contributed by atoms with Crippen molar-refractivity contribution in [2.45, 2.75) is 40.7 Å². The Hall–Kier alpha value is -0.870. The van der Waals surface area contributed by atoms with Crippen molar-refractivity contribution in [2.75, 3.05) is 5.75 Å². The van der Waals surface area contributed by atoms with E-state index >= 15 is 0 Å². The van der Waals surface area contributed by atoms with Gasteiger partial charge >= 0.3 is 0 Å². The van der Waals surface area contributed by atoms with Crippen LogP contribution in [0.1, 0.15) is 42.1 Å². The first-order valence-corrected chi connectivity index (χ1v) is 7.49. The average molecular weight is 255 g/mol. The van der Waals surface area contributed by atoms with Crippen LogP contribution in [0.25, 0.3) is 0 Å². The fourth-order valence-corrected chi connectivity index (χ4v) is 2.70. The molecule has 96 valence electrons. The molecule has 0 aliphatic carbocycles. The molecule has 0 saturated heterocycles. The van der Waals surface area contributed by atoms with Gasteiger partial charge in [0.05, 0.1) is 5.75 Å². The first-order valence-electron chi connectivity index (χ1n) is 5.84. The lowest BCUT2D eigenvalue weighted by atomic mass is 9.97. The molecule has 0 amide bonds. The predicted octanol–water partition coefficient (Wildman–Crippen LogP) is 2.61. The van der Waals surface area contributed by atoms with E-state index in [0.717, 1.165) is 11.1 Å². The second kappa shape index (κ2) is 5.19. The highest BCUT2D eigenvalue weighted by molar-refractivity contribution is 7.89. The third-order valence-corrected chi connectivity index (χ3v) is 4.56. The molecule has 1 N–H and O–H groups in total. The minimum absolute atomic E-state index is 0.112. The molecule has 0 fully saturated rings. The van der Waals surface area contributed by atoms with Gasteiger partial charge in [-0.1, -0.05) is 12.1 Å². The summed E-state index contributed by atoms with van der Waals surface area (Å²) in [4.78, 5) is 0. The Bertz CT molecular complexity index is 506. The van der Waals surface area contributed by atoms with Crippen molar-refractivity contribution >= 4 is 10.0 Å². The molecular formula is C13H21NO2S. The summed E-state index contributed by atoms with van der Waals surface area (Å²) >= 11 is 0. The first kappa shape index (κ1) is 14.2. The molecule has 17 heavy (non-hydrogen) atoms. The summed E-state index contributed by atoms with van der Waals surface area (Å²) in [6.07, 6.45) is 0. The van der Waals surface area contributed by atoms with Crippen LogP contribution >= 0.6 is 0 Å². The van der Waals surface area contributed by atoms with Crippen molar-refractivity contribution in [1.82, 2.24) is 4.72 Å². The molecule has 0 heterocycles. The van der Waals surface area contributed by atoms with Gasteiger partial charge in [0.1, 0.15) is 0 Å². The van der Waals surface area contributed by atoms with Gasteiger partial charge in [-0.05, 0) is 56.9 Å². The summed E-state index contributed by atoms with van der Waals surface area (Å²) in [5, 5.41) is 0. The molecule has 0 aromatic heterocycles. The van der Waals surface area contributed by atoms with Crippen LogP contribution in [0, 0.1) is 20.8 Å². The molecule has 1 atom stereocenters. The van der Waals surface area contributed by atoms with Gasteiger partial charge < -0.3 is 0 Å². The molecule has 0 aliphatic rings. The zero-order valence-corrected chi connectivity index (χ0v) is 12.0. The van der Waals surface area contributed by atoms with Gasteiger partial charge in [0.2, 0.25) is 10.0 Å². The molecule has 0 saturated carbocycles. The SMILES string of the molecule is CCS(=O)(=O)NC(C)c1cc(C)c(C)cc1C. The van der Waals surface area contributed by atoms with Crippen molar-refractivity contribution in [3.63, 3.8) is 0 Å². The molecule has 0 spiro atoms. The second-order valence-electron chi connectivity index (χ2n) is 4.54. The van der Waals surface area contributed by atoms with E-state index in [1.165, 1.54) is 11.1 Å². The zero-order valence-electron chi connectivity index (χ0n) is 11.2. The number of nitrogens with one attached hydrogen (secondary N) is 1. The minimum Gasteiger partial charge on any atom is -0.212 e. The third kappa shape index (κ3) is 3.54. The average Bonchev–Trinajstić information content (AvgIpc) is 2.22. The minimum atomic E-state index is -3.16. The topological polar surface area (TPSA) is 46.2 Å². The molecule has 0 aliphatic heterocycles. The molecule has 1 aromatic rings. The Balaban J connectivity index is 3.05. The Morgan fingerprint density at radius 2 is 1.65 bits per heavy atom. The smallest absolute Gasteiger partial charge is 0.211 e. The van der Waals surface area contributed by atoms with Gasteiger partial charge in [-0.2, -0.15) is 0 Å². The maximum atomic E-state index is 11.5. The van der Waals surface area contributed by atoms with E-state index in [0.29, 0.717) is 0 Å². The largest absolute Gasteiger partial charge is 0.212 e. The van der Waals surface area contributed by atoms with Gasteiger partial charge in [0, 0.05) is 6.04 Å². The normalized spacial score (nSPS) is 13.7. The van der Waals surface area contributed by atoms with E-state index in [1.54, 1.807) is 6.92 Å². The summed E-state index contributed by atoms with van der Waals surface area (Å²) in [6.45, 7) is 9.64. The molecular weight excluding hydrogens is 234 g/mol. The van der Waals surface area contributed by atoms with Gasteiger partial charge in [0.25, 0.3) is 0 Å². The van der Waals surface area contributed by atoms with E-state index in [9.17, 15) is 8.42 Å². The van der Waals surface area contributed by atoms with Gasteiger partial charge in [0.15, 0.2) is 0 Å². The molecule has 1 rings (SSSR count). The summed E-state index contributed by atoms with van der Waals surface area (Å²) in [7, 11) is -3.16. The Morgan fingerprint density at radius 1 is 1.12 bits per heavy atom. The lowest BCUT2D eigenvalue weighted by Gasteiger charge is -2.18. The van der Waals surface area contributed by atoms with Crippen LogP contribution in [0.2, 0.25) is 0 Å². The first-order chi connectivity index (χ1) is 7.76. The van der Waals surface area contributed by atoms with Crippen molar-refractivity contribution in [3.8, 4) is 0 Å². The van der Waals surface area contributed by atoms with E-state index in [1.807, 2.05) is 20.8 Å². The predicted molar refractivity (Wildman–Crippen MR) is 71.7 cm³/mol. The summed E-state index contributed by atoms with van der Waals surface area (Å²) in [5.41, 5.74) is 4.59. The highest BCUT2D eigenvalue weighted by Crippen LogP contribution is 2.22. The molecule has 1 unspecified atom stereocenters. The Morgan fingerprint density at radius 3 is 2.18 bits per heavy atom.